The van der Waals surface area contributed by atoms with Crippen molar-refractivity contribution in [2.24, 2.45) is 0 Å². The summed E-state index contributed by atoms with van der Waals surface area (Å²) in [6.45, 7) is 0. The largest absolute Gasteiger partial charge is 0.385 e. The predicted octanol–water partition coefficient (Wildman–Crippen LogP) is 3.22. The molecule has 2 heteroatoms. The third-order valence-electron chi connectivity index (χ3n) is 2.87. The molecule has 1 aliphatic rings. The maximum absolute atomic E-state index is 10.1. The summed E-state index contributed by atoms with van der Waals surface area (Å²) in [6.07, 6.45) is 4.73. The molecule has 0 saturated carbocycles. The maximum Gasteiger partial charge on any atom is 0.0968 e. The molecule has 0 aliphatic heterocycles. The average molecular weight is 223 g/mol. The molecule has 0 fully saturated rings. The average Bonchev–Trinajstić information content (AvgIpc) is 2.30. The second kappa shape index (κ2) is 4.38. The second-order valence-electron chi connectivity index (χ2n) is 4.13. The third-order valence-corrected chi connectivity index (χ3v) is 3.34. The summed E-state index contributed by atoms with van der Waals surface area (Å²) in [6, 6.07) is 10.2. The Balaban J connectivity index is 2.30. The molecule has 15 heavy (non-hydrogen) atoms. The summed E-state index contributed by atoms with van der Waals surface area (Å²) >= 11 is 5.78. The van der Waals surface area contributed by atoms with E-state index in [1.54, 1.807) is 0 Å². The van der Waals surface area contributed by atoms with Gasteiger partial charge in [-0.2, -0.15) is 0 Å². The molecule has 1 aromatic rings. The molecule has 1 N–H and O–H groups in total. The van der Waals surface area contributed by atoms with Crippen molar-refractivity contribution < 1.29 is 5.11 Å². The van der Waals surface area contributed by atoms with Crippen LogP contribution in [0, 0.1) is 0 Å². The number of hydrogen-bond acceptors (Lipinski definition) is 1. The van der Waals surface area contributed by atoms with E-state index >= 15 is 0 Å². The lowest BCUT2D eigenvalue weighted by molar-refractivity contribution is 0.0998. The SMILES string of the molecule is OC1(CCl)C=C(c2ccccc2)CCC1. The van der Waals surface area contributed by atoms with Gasteiger partial charge in [0, 0.05) is 0 Å². The summed E-state index contributed by atoms with van der Waals surface area (Å²) in [5, 5.41) is 10.1. The molecule has 1 nitrogen and oxygen atoms in total. The van der Waals surface area contributed by atoms with Gasteiger partial charge in [0.1, 0.15) is 0 Å². The Hall–Kier alpha value is -0.790. The minimum Gasteiger partial charge on any atom is -0.385 e. The first-order valence-corrected chi connectivity index (χ1v) is 5.82. The summed E-state index contributed by atoms with van der Waals surface area (Å²) in [7, 11) is 0. The van der Waals surface area contributed by atoms with Crippen molar-refractivity contribution in [1.29, 1.82) is 0 Å². The van der Waals surface area contributed by atoms with Crippen molar-refractivity contribution in [1.82, 2.24) is 0 Å². The molecule has 0 radical (unpaired) electrons. The molecule has 0 amide bonds. The first kappa shape index (κ1) is 10.7. The highest BCUT2D eigenvalue weighted by atomic mass is 35.5. The van der Waals surface area contributed by atoms with Crippen molar-refractivity contribution in [3.63, 3.8) is 0 Å². The standard InChI is InChI=1S/C13H15ClO/c14-10-13(15)8-4-7-12(9-13)11-5-2-1-3-6-11/h1-3,5-6,9,15H,4,7-8,10H2. The number of benzene rings is 1. The van der Waals surface area contributed by atoms with Crippen LogP contribution in [0.25, 0.3) is 5.57 Å². The van der Waals surface area contributed by atoms with Crippen LogP contribution >= 0.6 is 11.6 Å². The van der Waals surface area contributed by atoms with E-state index < -0.39 is 5.60 Å². The zero-order valence-electron chi connectivity index (χ0n) is 8.62. The molecule has 2 rings (SSSR count). The molecule has 1 atom stereocenters. The van der Waals surface area contributed by atoms with Crippen LogP contribution in [-0.4, -0.2) is 16.6 Å². The zero-order chi connectivity index (χ0) is 10.7. The van der Waals surface area contributed by atoms with Crippen LogP contribution in [0.3, 0.4) is 0 Å². The van der Waals surface area contributed by atoms with E-state index in [2.05, 4.69) is 12.1 Å². The molecule has 0 bridgehead atoms. The smallest absolute Gasteiger partial charge is 0.0968 e. The Morgan fingerprint density at radius 3 is 2.67 bits per heavy atom. The van der Waals surface area contributed by atoms with Gasteiger partial charge < -0.3 is 5.11 Å². The Morgan fingerprint density at radius 1 is 1.27 bits per heavy atom. The molecule has 0 spiro atoms. The van der Waals surface area contributed by atoms with Crippen LogP contribution in [0.1, 0.15) is 24.8 Å². The zero-order valence-corrected chi connectivity index (χ0v) is 9.37. The fourth-order valence-corrected chi connectivity index (χ4v) is 2.25. The van der Waals surface area contributed by atoms with Gasteiger partial charge in [-0.15, -0.1) is 11.6 Å². The van der Waals surface area contributed by atoms with E-state index in [1.807, 2.05) is 24.3 Å². The molecule has 0 saturated heterocycles. The van der Waals surface area contributed by atoms with Crippen LogP contribution in [0.2, 0.25) is 0 Å². The minimum atomic E-state index is -0.801. The van der Waals surface area contributed by atoms with Gasteiger partial charge in [-0.3, -0.25) is 0 Å². The summed E-state index contributed by atoms with van der Waals surface area (Å²) in [4.78, 5) is 0. The van der Waals surface area contributed by atoms with Crippen molar-refractivity contribution in [3.8, 4) is 0 Å². The number of hydrogen-bond donors (Lipinski definition) is 1. The van der Waals surface area contributed by atoms with E-state index in [1.165, 1.54) is 11.1 Å². The van der Waals surface area contributed by atoms with Gasteiger partial charge in [-0.1, -0.05) is 30.3 Å². The van der Waals surface area contributed by atoms with Crippen molar-refractivity contribution in [3.05, 3.63) is 42.0 Å². The minimum absolute atomic E-state index is 0.281. The highest BCUT2D eigenvalue weighted by Gasteiger charge is 2.27. The Morgan fingerprint density at radius 2 is 2.00 bits per heavy atom. The molecule has 80 valence electrons. The topological polar surface area (TPSA) is 20.2 Å². The second-order valence-corrected chi connectivity index (χ2v) is 4.39. The van der Waals surface area contributed by atoms with Gasteiger partial charge in [0.2, 0.25) is 0 Å². The monoisotopic (exact) mass is 222 g/mol. The normalized spacial score (nSPS) is 26.1. The predicted molar refractivity (Wildman–Crippen MR) is 63.9 cm³/mol. The van der Waals surface area contributed by atoms with Crippen molar-refractivity contribution >= 4 is 17.2 Å². The van der Waals surface area contributed by atoms with Gasteiger partial charge in [0.15, 0.2) is 0 Å². The lowest BCUT2D eigenvalue weighted by atomic mass is 9.85. The highest BCUT2D eigenvalue weighted by molar-refractivity contribution is 6.18. The molecule has 1 unspecified atom stereocenters. The van der Waals surface area contributed by atoms with Crippen LogP contribution < -0.4 is 0 Å². The molecular weight excluding hydrogens is 208 g/mol. The fourth-order valence-electron chi connectivity index (χ4n) is 2.04. The lowest BCUT2D eigenvalue weighted by Crippen LogP contribution is -2.30. The van der Waals surface area contributed by atoms with Crippen LogP contribution in [0.5, 0.6) is 0 Å². The quantitative estimate of drug-likeness (QED) is 0.762. The van der Waals surface area contributed by atoms with E-state index in [0.717, 1.165) is 19.3 Å². The fraction of sp³-hybridized carbons (Fsp3) is 0.385. The first-order valence-electron chi connectivity index (χ1n) is 5.29. The summed E-state index contributed by atoms with van der Waals surface area (Å²) in [5.74, 6) is 0.281. The van der Waals surface area contributed by atoms with E-state index in [0.29, 0.717) is 0 Å². The number of alkyl halides is 1. The van der Waals surface area contributed by atoms with Gasteiger partial charge in [-0.25, -0.2) is 0 Å². The third kappa shape index (κ3) is 2.42. The van der Waals surface area contributed by atoms with Crippen molar-refractivity contribution in [2.45, 2.75) is 24.9 Å². The summed E-state index contributed by atoms with van der Waals surface area (Å²) < 4.78 is 0. The van der Waals surface area contributed by atoms with Crippen molar-refractivity contribution in [2.75, 3.05) is 5.88 Å². The van der Waals surface area contributed by atoms with Crippen LogP contribution in [-0.2, 0) is 0 Å². The van der Waals surface area contributed by atoms with E-state index in [9.17, 15) is 5.11 Å². The molecule has 0 aromatic heterocycles. The molecule has 0 heterocycles. The Kier molecular flexibility index (Phi) is 3.13. The van der Waals surface area contributed by atoms with Gasteiger partial charge in [0.05, 0.1) is 11.5 Å². The molecule has 1 aliphatic carbocycles. The van der Waals surface area contributed by atoms with Crippen LogP contribution in [0.15, 0.2) is 36.4 Å². The van der Waals surface area contributed by atoms with Gasteiger partial charge >= 0.3 is 0 Å². The van der Waals surface area contributed by atoms with Gasteiger partial charge in [-0.05, 0) is 36.5 Å². The van der Waals surface area contributed by atoms with E-state index in [4.69, 9.17) is 11.6 Å². The number of allylic oxidation sites excluding steroid dienone is 1. The van der Waals surface area contributed by atoms with Crippen LogP contribution in [0.4, 0.5) is 0 Å². The maximum atomic E-state index is 10.1. The van der Waals surface area contributed by atoms with E-state index in [-0.39, 0.29) is 5.88 Å². The highest BCUT2D eigenvalue weighted by Crippen LogP contribution is 2.32. The first-order chi connectivity index (χ1) is 7.23. The Labute approximate surface area is 95.4 Å². The summed E-state index contributed by atoms with van der Waals surface area (Å²) in [5.41, 5.74) is 1.61. The van der Waals surface area contributed by atoms with Gasteiger partial charge in [0.25, 0.3) is 0 Å². The lowest BCUT2D eigenvalue weighted by Gasteiger charge is -2.28. The Bertz CT molecular complexity index is 358. The number of halogens is 1. The molecular formula is C13H15ClO. The molecule has 1 aromatic carbocycles. The number of aliphatic hydroxyl groups is 1. The number of rotatable bonds is 2.